The summed E-state index contributed by atoms with van der Waals surface area (Å²) >= 11 is 0. The van der Waals surface area contributed by atoms with Gasteiger partial charge < -0.3 is 10.0 Å². The van der Waals surface area contributed by atoms with E-state index in [1.165, 1.54) is 0 Å². The molecule has 1 atom stereocenters. The van der Waals surface area contributed by atoms with Crippen molar-refractivity contribution in [2.75, 3.05) is 13.1 Å². The Morgan fingerprint density at radius 1 is 1.38 bits per heavy atom. The maximum Gasteiger partial charge on any atom is 0.304 e. The molecule has 0 bridgehead atoms. The summed E-state index contributed by atoms with van der Waals surface area (Å²) in [6, 6.07) is 0.211. The van der Waals surface area contributed by atoms with E-state index in [0.29, 0.717) is 0 Å². The van der Waals surface area contributed by atoms with E-state index in [1.54, 1.807) is 0 Å². The summed E-state index contributed by atoms with van der Waals surface area (Å²) < 4.78 is 0. The van der Waals surface area contributed by atoms with Crippen LogP contribution < -0.4 is 0 Å². The van der Waals surface area contributed by atoms with Gasteiger partial charge in [0.2, 0.25) is 0 Å². The third-order valence-corrected chi connectivity index (χ3v) is 2.31. The lowest BCUT2D eigenvalue weighted by molar-refractivity contribution is -0.138. The molecule has 0 aliphatic rings. The van der Waals surface area contributed by atoms with Crippen LogP contribution in [0.1, 0.15) is 40.0 Å². The minimum Gasteiger partial charge on any atom is -0.481 e. The molecule has 3 heteroatoms. The van der Waals surface area contributed by atoms with E-state index in [2.05, 4.69) is 18.7 Å². The highest BCUT2D eigenvalue weighted by molar-refractivity contribution is 5.67. The van der Waals surface area contributed by atoms with Crippen LogP contribution in [-0.2, 0) is 4.79 Å². The van der Waals surface area contributed by atoms with E-state index in [-0.39, 0.29) is 12.5 Å². The lowest BCUT2D eigenvalue weighted by atomic mass is 10.1. The minimum absolute atomic E-state index is 0.211. The lowest BCUT2D eigenvalue weighted by Crippen LogP contribution is -2.36. The van der Waals surface area contributed by atoms with E-state index in [1.807, 2.05) is 6.92 Å². The van der Waals surface area contributed by atoms with Crippen LogP contribution >= 0.6 is 0 Å². The zero-order valence-corrected chi connectivity index (χ0v) is 8.92. The van der Waals surface area contributed by atoms with Crippen LogP contribution in [0.3, 0.4) is 0 Å². The van der Waals surface area contributed by atoms with Gasteiger partial charge in [-0.1, -0.05) is 20.8 Å². The van der Waals surface area contributed by atoms with E-state index in [0.717, 1.165) is 25.9 Å². The van der Waals surface area contributed by atoms with Gasteiger partial charge in [-0.05, 0) is 25.9 Å². The number of rotatable bonds is 7. The van der Waals surface area contributed by atoms with Gasteiger partial charge in [0.05, 0.1) is 6.42 Å². The second-order valence-corrected chi connectivity index (χ2v) is 3.29. The predicted molar refractivity (Wildman–Crippen MR) is 53.9 cm³/mol. The van der Waals surface area contributed by atoms with Gasteiger partial charge in [0.25, 0.3) is 0 Å². The molecule has 1 N–H and O–H groups in total. The van der Waals surface area contributed by atoms with Gasteiger partial charge in [0, 0.05) is 6.04 Å². The first-order chi connectivity index (χ1) is 6.15. The second kappa shape index (κ2) is 6.89. The topological polar surface area (TPSA) is 40.5 Å². The standard InChI is InChI=1S/C10H21NO2/c1-4-7-11(6-3)9(5-2)8-10(12)13/h9H,4-8H2,1-3H3,(H,12,13). The van der Waals surface area contributed by atoms with Crippen LogP contribution in [0, 0.1) is 0 Å². The van der Waals surface area contributed by atoms with Gasteiger partial charge in [-0.2, -0.15) is 0 Å². The Kier molecular flexibility index (Phi) is 6.59. The number of nitrogens with zero attached hydrogens (tertiary/aromatic N) is 1. The van der Waals surface area contributed by atoms with Crippen molar-refractivity contribution in [2.45, 2.75) is 46.1 Å². The zero-order chi connectivity index (χ0) is 10.3. The third kappa shape index (κ3) is 4.88. The molecular weight excluding hydrogens is 166 g/mol. The van der Waals surface area contributed by atoms with Gasteiger partial charge in [-0.15, -0.1) is 0 Å². The summed E-state index contributed by atoms with van der Waals surface area (Å²) in [5, 5.41) is 8.70. The summed E-state index contributed by atoms with van der Waals surface area (Å²) in [6.45, 7) is 8.20. The first-order valence-corrected chi connectivity index (χ1v) is 5.11. The molecule has 0 aromatic heterocycles. The van der Waals surface area contributed by atoms with Crippen LogP contribution in [0.2, 0.25) is 0 Å². The second-order valence-electron chi connectivity index (χ2n) is 3.29. The Labute approximate surface area is 80.7 Å². The van der Waals surface area contributed by atoms with Crippen molar-refractivity contribution in [3.8, 4) is 0 Å². The highest BCUT2D eigenvalue weighted by atomic mass is 16.4. The average Bonchev–Trinajstić information content (AvgIpc) is 2.10. The van der Waals surface area contributed by atoms with Gasteiger partial charge >= 0.3 is 5.97 Å². The summed E-state index contributed by atoms with van der Waals surface area (Å²) in [7, 11) is 0. The smallest absolute Gasteiger partial charge is 0.304 e. The van der Waals surface area contributed by atoms with Gasteiger partial charge in [-0.25, -0.2) is 0 Å². The molecule has 0 heterocycles. The summed E-state index contributed by atoms with van der Waals surface area (Å²) in [5.41, 5.74) is 0. The summed E-state index contributed by atoms with van der Waals surface area (Å²) in [6.07, 6.45) is 2.27. The largest absolute Gasteiger partial charge is 0.481 e. The third-order valence-electron chi connectivity index (χ3n) is 2.31. The first-order valence-electron chi connectivity index (χ1n) is 5.11. The van der Waals surface area contributed by atoms with Gasteiger partial charge in [0.1, 0.15) is 0 Å². The lowest BCUT2D eigenvalue weighted by Gasteiger charge is -2.28. The van der Waals surface area contributed by atoms with Crippen molar-refractivity contribution in [3.63, 3.8) is 0 Å². The fraction of sp³-hybridized carbons (Fsp3) is 0.900. The minimum atomic E-state index is -0.693. The van der Waals surface area contributed by atoms with Crippen LogP contribution in [-0.4, -0.2) is 35.1 Å². The average molecular weight is 187 g/mol. The van der Waals surface area contributed by atoms with Crippen molar-refractivity contribution in [3.05, 3.63) is 0 Å². The summed E-state index contributed by atoms with van der Waals surface area (Å²) in [4.78, 5) is 12.8. The number of carboxylic acids is 1. The molecule has 0 aromatic rings. The fourth-order valence-corrected chi connectivity index (χ4v) is 1.62. The molecule has 0 aliphatic carbocycles. The van der Waals surface area contributed by atoms with Crippen molar-refractivity contribution in [2.24, 2.45) is 0 Å². The van der Waals surface area contributed by atoms with Crippen LogP contribution in [0.25, 0.3) is 0 Å². The molecule has 0 aliphatic heterocycles. The molecule has 78 valence electrons. The van der Waals surface area contributed by atoms with Crippen LogP contribution in [0.5, 0.6) is 0 Å². The summed E-state index contributed by atoms with van der Waals surface area (Å²) in [5.74, 6) is -0.693. The van der Waals surface area contributed by atoms with E-state index in [4.69, 9.17) is 5.11 Å². The van der Waals surface area contributed by atoms with Crippen molar-refractivity contribution in [1.29, 1.82) is 0 Å². The molecule has 3 nitrogen and oxygen atoms in total. The van der Waals surface area contributed by atoms with E-state index < -0.39 is 5.97 Å². The first kappa shape index (κ1) is 12.4. The normalized spacial score (nSPS) is 13.2. The zero-order valence-electron chi connectivity index (χ0n) is 8.92. The SMILES string of the molecule is CCCN(CC)C(CC)CC(=O)O. The Morgan fingerprint density at radius 3 is 2.31 bits per heavy atom. The van der Waals surface area contributed by atoms with Crippen molar-refractivity contribution >= 4 is 5.97 Å². The molecule has 0 saturated carbocycles. The highest BCUT2D eigenvalue weighted by Crippen LogP contribution is 2.09. The maximum atomic E-state index is 10.6. The number of carbonyl (C=O) groups is 1. The maximum absolute atomic E-state index is 10.6. The quantitative estimate of drug-likeness (QED) is 0.662. The van der Waals surface area contributed by atoms with Gasteiger partial charge in [0.15, 0.2) is 0 Å². The number of aliphatic carboxylic acids is 1. The highest BCUT2D eigenvalue weighted by Gasteiger charge is 2.17. The number of hydrogen-bond donors (Lipinski definition) is 1. The van der Waals surface area contributed by atoms with Crippen LogP contribution in [0.15, 0.2) is 0 Å². The Bertz CT molecular complexity index is 148. The van der Waals surface area contributed by atoms with Gasteiger partial charge in [-0.3, -0.25) is 4.79 Å². The van der Waals surface area contributed by atoms with E-state index >= 15 is 0 Å². The molecular formula is C10H21NO2. The molecule has 0 amide bonds. The van der Waals surface area contributed by atoms with Crippen molar-refractivity contribution < 1.29 is 9.90 Å². The molecule has 13 heavy (non-hydrogen) atoms. The monoisotopic (exact) mass is 187 g/mol. The Balaban J connectivity index is 4.07. The fourth-order valence-electron chi connectivity index (χ4n) is 1.62. The molecule has 0 fully saturated rings. The van der Waals surface area contributed by atoms with Crippen molar-refractivity contribution in [1.82, 2.24) is 4.90 Å². The molecule has 0 aromatic carbocycles. The molecule has 0 radical (unpaired) electrons. The molecule has 0 rings (SSSR count). The molecule has 0 spiro atoms. The van der Waals surface area contributed by atoms with Crippen LogP contribution in [0.4, 0.5) is 0 Å². The Hall–Kier alpha value is -0.570. The molecule has 1 unspecified atom stereocenters. The molecule has 0 saturated heterocycles. The Morgan fingerprint density at radius 2 is 2.00 bits per heavy atom. The number of hydrogen-bond acceptors (Lipinski definition) is 2. The van der Waals surface area contributed by atoms with E-state index in [9.17, 15) is 4.79 Å². The number of carboxylic acid groups (broad SMARTS) is 1. The predicted octanol–water partition coefficient (Wildman–Crippen LogP) is 1.97.